The first-order valence-electron chi connectivity index (χ1n) is 8.28. The van der Waals surface area contributed by atoms with Gasteiger partial charge in [0.15, 0.2) is 0 Å². The number of rotatable bonds is 9. The molecule has 0 fully saturated rings. The van der Waals surface area contributed by atoms with Crippen molar-refractivity contribution in [1.82, 2.24) is 0 Å². The summed E-state index contributed by atoms with van der Waals surface area (Å²) in [5.41, 5.74) is 9.47. The maximum absolute atomic E-state index is 9.76. The van der Waals surface area contributed by atoms with E-state index >= 15 is 0 Å². The first-order valence-corrected chi connectivity index (χ1v) is 10.3. The summed E-state index contributed by atoms with van der Waals surface area (Å²) in [6.07, 6.45) is 12.0. The van der Waals surface area contributed by atoms with E-state index in [0.717, 1.165) is 0 Å². The fraction of sp³-hybridized carbons (Fsp3) is 0.611. The molecule has 0 aromatic heterocycles. The fourth-order valence-electron chi connectivity index (χ4n) is 1.77. The summed E-state index contributed by atoms with van der Waals surface area (Å²) in [5.74, 6) is -0.815. The van der Waals surface area contributed by atoms with E-state index in [4.69, 9.17) is 10.8 Å². The Morgan fingerprint density at radius 3 is 1.91 bits per heavy atom. The van der Waals surface area contributed by atoms with E-state index in [1.165, 1.54) is 68.4 Å². The van der Waals surface area contributed by atoms with Gasteiger partial charge >= 0.3 is 126 Å². The van der Waals surface area contributed by atoms with Gasteiger partial charge in [0.05, 0.1) is 0 Å². The van der Waals surface area contributed by atoms with E-state index in [1.807, 2.05) is 0 Å². The van der Waals surface area contributed by atoms with Gasteiger partial charge in [-0.25, -0.2) is 0 Å². The molecule has 5 heteroatoms. The average Bonchev–Trinajstić information content (AvgIpc) is 2.46. The summed E-state index contributed by atoms with van der Waals surface area (Å²) in [5, 5.41) is 8.01. The Bertz CT molecular complexity index is 413. The third kappa shape index (κ3) is 20.0. The molecule has 0 radical (unpaired) electrons. The predicted octanol–water partition coefficient (Wildman–Crippen LogP) is 4.32. The number of hydrogen-bond acceptors (Lipinski definition) is 3. The van der Waals surface area contributed by atoms with Crippen LogP contribution >= 0.6 is 12.6 Å². The van der Waals surface area contributed by atoms with Crippen molar-refractivity contribution in [2.24, 2.45) is 5.73 Å². The number of carboxylic acids is 1. The second kappa shape index (κ2) is 16.8. The zero-order chi connectivity index (χ0) is 18.3. The molecule has 0 heterocycles. The zero-order valence-corrected chi connectivity index (χ0v) is 18.3. The monoisotopic (exact) mass is 349 g/mol. The van der Waals surface area contributed by atoms with Gasteiger partial charge in [-0.2, -0.15) is 12.6 Å². The quantitative estimate of drug-likeness (QED) is 0.330. The Labute approximate surface area is 165 Å². The average molecular weight is 350 g/mol. The van der Waals surface area contributed by atoms with Gasteiger partial charge in [0, 0.05) is 5.75 Å². The second-order valence-electron chi connectivity index (χ2n) is 6.00. The number of aliphatic carboxylic acids is 1. The summed E-state index contributed by atoms with van der Waals surface area (Å²) < 4.78 is 1.30. The Balaban J connectivity index is 0. The Morgan fingerprint density at radius 2 is 1.57 bits per heavy atom. The Morgan fingerprint density at radius 1 is 1.09 bits per heavy atom. The van der Waals surface area contributed by atoms with Gasteiger partial charge in [0.1, 0.15) is 6.04 Å². The van der Waals surface area contributed by atoms with Crippen LogP contribution in [-0.2, 0) is 4.79 Å². The second-order valence-corrected chi connectivity index (χ2v) is 7.18. The van der Waals surface area contributed by atoms with E-state index in [-0.39, 0.29) is 5.75 Å². The van der Waals surface area contributed by atoms with Crippen LogP contribution in [0.5, 0.6) is 0 Å². The third-order valence-electron chi connectivity index (χ3n) is 3.19. The van der Waals surface area contributed by atoms with E-state index in [0.29, 0.717) is 0 Å². The van der Waals surface area contributed by atoms with E-state index in [1.54, 1.807) is 5.57 Å². The summed E-state index contributed by atoms with van der Waals surface area (Å²) in [6, 6.07) is -0.816. The van der Waals surface area contributed by atoms with Crippen molar-refractivity contribution < 1.29 is 9.90 Å². The van der Waals surface area contributed by atoms with Gasteiger partial charge in [-0.15, -0.1) is 0 Å². The van der Waals surface area contributed by atoms with Crippen molar-refractivity contribution in [3.63, 3.8) is 0 Å². The molecule has 0 saturated heterocycles. The molecule has 0 aliphatic heterocycles. The fourth-order valence-corrected chi connectivity index (χ4v) is 2.62. The van der Waals surface area contributed by atoms with Crippen molar-refractivity contribution in [2.75, 3.05) is 5.75 Å². The topological polar surface area (TPSA) is 63.3 Å². The van der Waals surface area contributed by atoms with E-state index in [9.17, 15) is 4.79 Å². The number of carboxylic acid groups (broad SMARTS) is 1. The van der Waals surface area contributed by atoms with Crippen LogP contribution in [0.4, 0.5) is 0 Å². The Kier molecular flexibility index (Phi) is 18.5. The van der Waals surface area contributed by atoms with Crippen molar-refractivity contribution in [3.05, 3.63) is 34.9 Å². The molecule has 3 N–H and O–H groups in total. The van der Waals surface area contributed by atoms with Crippen LogP contribution < -0.4 is 5.73 Å². The summed E-state index contributed by atoms with van der Waals surface area (Å²) in [4.78, 5) is 9.76. The van der Waals surface area contributed by atoms with Crippen LogP contribution in [0.15, 0.2) is 34.9 Å². The van der Waals surface area contributed by atoms with Gasteiger partial charge in [0.2, 0.25) is 0 Å². The van der Waals surface area contributed by atoms with Crippen molar-refractivity contribution in [3.8, 4) is 0 Å². The first-order chi connectivity index (χ1) is 10.7. The molecule has 0 aromatic rings. The van der Waals surface area contributed by atoms with Crippen LogP contribution in [-0.4, -0.2) is 50.8 Å². The van der Waals surface area contributed by atoms with E-state index < -0.39 is 12.0 Å². The van der Waals surface area contributed by atoms with Crippen molar-refractivity contribution >= 4 is 46.5 Å². The molecular formula is C18H32NNaO2S. The van der Waals surface area contributed by atoms with Crippen molar-refractivity contribution in [1.29, 1.82) is 0 Å². The first kappa shape index (κ1) is 25.2. The number of thiol groups is 1. The van der Waals surface area contributed by atoms with Gasteiger partial charge in [-0.1, -0.05) is 0 Å². The van der Waals surface area contributed by atoms with Crippen LogP contribution in [0.3, 0.4) is 0 Å². The summed E-state index contributed by atoms with van der Waals surface area (Å²) >= 11 is 4.94. The number of hydrogen-bond donors (Lipinski definition) is 3. The maximum Gasteiger partial charge on any atom is 0.321 e. The molecule has 1 unspecified atom stereocenters. The molecule has 1 atom stereocenters. The molecule has 0 bridgehead atoms. The molecule has 0 rings (SSSR count). The molecule has 0 aliphatic rings. The third-order valence-corrected chi connectivity index (χ3v) is 3.99. The van der Waals surface area contributed by atoms with Crippen LogP contribution in [0, 0.1) is 0 Å². The minimum Gasteiger partial charge on any atom is -0.480 e. The van der Waals surface area contributed by atoms with Crippen LogP contribution in [0.25, 0.3) is 0 Å². The van der Waals surface area contributed by atoms with E-state index in [2.05, 4.69) is 58.6 Å². The molecule has 0 aromatic carbocycles. The maximum atomic E-state index is 9.76. The van der Waals surface area contributed by atoms with Crippen molar-refractivity contribution in [2.45, 2.75) is 63.1 Å². The molecule has 0 saturated carbocycles. The van der Waals surface area contributed by atoms with Gasteiger partial charge in [-0.3, -0.25) is 4.79 Å². The number of allylic oxidation sites excluding steroid dienone is 6. The van der Waals surface area contributed by atoms with Gasteiger partial charge in [-0.05, 0) is 0 Å². The minimum atomic E-state index is -1.00. The minimum absolute atomic E-state index is 0.190. The summed E-state index contributed by atoms with van der Waals surface area (Å²) in [7, 11) is 0. The zero-order valence-electron chi connectivity index (χ0n) is 15.4. The Hall–Kier alpha value is -0.000000000000000111. The van der Waals surface area contributed by atoms with Gasteiger partial charge in [0.25, 0.3) is 0 Å². The number of nitrogens with two attached hydrogens (primary N) is 1. The standard InChI is InChI=1S/C15H25.C3H7NO2S.Na/c1-6-14(4)10-8-12-15(5)11-7-9-13(2)3;4-2(1-7)3(5)6;/h6,9,12H,1,7-8,10-11H2,2-5H3;2,7H,1,4H2,(H,5,6);. The molecule has 0 spiro atoms. The van der Waals surface area contributed by atoms with Crippen LogP contribution in [0.2, 0.25) is 3.67 Å². The smallest absolute Gasteiger partial charge is 0.321 e. The largest absolute Gasteiger partial charge is 0.480 e. The molecule has 128 valence electrons. The molecule has 0 aliphatic carbocycles. The SMILES string of the molecule is CC(C)=CCCC(C)=CCCC(C)=C[CH2][Na].NC(CS)C(=O)O. The molecule has 3 nitrogen and oxygen atoms in total. The normalized spacial score (nSPS) is 13.0. The predicted molar refractivity (Wildman–Crippen MR) is 105 cm³/mol. The molecule has 23 heavy (non-hydrogen) atoms. The summed E-state index contributed by atoms with van der Waals surface area (Å²) in [6.45, 7) is 8.84. The molecular weight excluding hydrogens is 317 g/mol. The van der Waals surface area contributed by atoms with Crippen LogP contribution in [0.1, 0.15) is 53.4 Å². The van der Waals surface area contributed by atoms with Gasteiger partial charge < -0.3 is 10.8 Å². The molecule has 0 amide bonds. The number of carbonyl (C=O) groups is 1.